The van der Waals surface area contributed by atoms with Crippen molar-refractivity contribution in [2.75, 3.05) is 39.4 Å². The third kappa shape index (κ3) is 6.67. The van der Waals surface area contributed by atoms with Crippen molar-refractivity contribution in [1.82, 2.24) is 19.6 Å². The van der Waals surface area contributed by atoms with Crippen LogP contribution in [-0.2, 0) is 18.3 Å². The van der Waals surface area contributed by atoms with E-state index in [-0.39, 0.29) is 11.9 Å². The molecule has 1 saturated heterocycles. The van der Waals surface area contributed by atoms with E-state index in [4.69, 9.17) is 14.6 Å². The molecule has 1 aliphatic heterocycles. The highest BCUT2D eigenvalue weighted by Gasteiger charge is 2.25. The lowest BCUT2D eigenvalue weighted by Crippen LogP contribution is -2.45. The zero-order chi connectivity index (χ0) is 24.8. The van der Waals surface area contributed by atoms with Crippen molar-refractivity contribution in [2.24, 2.45) is 7.05 Å². The smallest absolute Gasteiger partial charge is 0.222 e. The quantitative estimate of drug-likeness (QED) is 0.473. The first-order valence-corrected chi connectivity index (χ1v) is 12.2. The van der Waals surface area contributed by atoms with Crippen LogP contribution in [0.25, 0.3) is 11.3 Å². The van der Waals surface area contributed by atoms with Gasteiger partial charge in [-0.1, -0.05) is 30.3 Å². The van der Waals surface area contributed by atoms with Crippen LogP contribution in [0.2, 0.25) is 0 Å². The third-order valence-electron chi connectivity index (χ3n) is 6.27. The van der Waals surface area contributed by atoms with Gasteiger partial charge in [-0.25, -0.2) is 9.07 Å². The molecule has 1 N–H and O–H groups in total. The lowest BCUT2D eigenvalue weighted by Gasteiger charge is -2.33. The lowest BCUT2D eigenvalue weighted by atomic mass is 10.1. The summed E-state index contributed by atoms with van der Waals surface area (Å²) in [5, 5.41) is 15.7. The average Bonchev–Trinajstić information content (AvgIpc) is 3.16. The first-order valence-electron chi connectivity index (χ1n) is 12.2. The Labute approximate surface area is 206 Å². The molecule has 7 nitrogen and oxygen atoms in total. The number of β-amino-alcohol motifs (C(OH)–C–C–N with tert-alkyl or cyclic N) is 1. The summed E-state index contributed by atoms with van der Waals surface area (Å²) in [6, 6.07) is 16.2. The summed E-state index contributed by atoms with van der Waals surface area (Å²) >= 11 is 0. The molecule has 35 heavy (non-hydrogen) atoms. The molecule has 1 atom stereocenters. The molecule has 0 amide bonds. The van der Waals surface area contributed by atoms with Gasteiger partial charge in [0.15, 0.2) is 0 Å². The van der Waals surface area contributed by atoms with Crippen molar-refractivity contribution < 1.29 is 19.0 Å². The summed E-state index contributed by atoms with van der Waals surface area (Å²) in [5.74, 6) is 0.829. The van der Waals surface area contributed by atoms with Crippen molar-refractivity contribution in [3.05, 3.63) is 66.0 Å². The number of benzene rings is 2. The number of aryl methyl sites for hydroxylation is 1. The largest absolute Gasteiger partial charge is 0.439 e. The minimum Gasteiger partial charge on any atom is -0.439 e. The highest BCUT2D eigenvalue weighted by Crippen LogP contribution is 2.34. The second-order valence-corrected chi connectivity index (χ2v) is 9.27. The number of halogens is 1. The predicted molar refractivity (Wildman–Crippen MR) is 134 cm³/mol. The Bertz CT molecular complexity index is 1070. The SMILES string of the molecule is CC(C)N(Cc1c(-c2ccccc2)nn(C)c1Oc1ccc(F)cc1)CC(O)CN1CCOCC1. The number of ether oxygens (including phenoxy) is 2. The van der Waals surface area contributed by atoms with Gasteiger partial charge in [0, 0.05) is 51.4 Å². The molecular formula is C27H35FN4O3. The van der Waals surface area contributed by atoms with Crippen LogP contribution in [0.15, 0.2) is 54.6 Å². The lowest BCUT2D eigenvalue weighted by molar-refractivity contribution is 0.00340. The van der Waals surface area contributed by atoms with Gasteiger partial charge >= 0.3 is 0 Å². The molecule has 0 aliphatic carbocycles. The summed E-state index contributed by atoms with van der Waals surface area (Å²) in [6.07, 6.45) is -0.492. The van der Waals surface area contributed by atoms with Gasteiger partial charge in [0.2, 0.25) is 5.88 Å². The molecule has 1 aliphatic rings. The second-order valence-electron chi connectivity index (χ2n) is 9.27. The Morgan fingerprint density at radius 2 is 1.77 bits per heavy atom. The van der Waals surface area contributed by atoms with Crippen LogP contribution >= 0.6 is 0 Å². The van der Waals surface area contributed by atoms with Crippen LogP contribution in [-0.4, -0.2) is 76.2 Å². The molecule has 188 valence electrons. The molecule has 0 bridgehead atoms. The molecule has 4 rings (SSSR count). The van der Waals surface area contributed by atoms with E-state index in [1.54, 1.807) is 16.8 Å². The first-order chi connectivity index (χ1) is 16.9. The van der Waals surface area contributed by atoms with E-state index < -0.39 is 6.10 Å². The van der Waals surface area contributed by atoms with E-state index in [9.17, 15) is 9.50 Å². The fraction of sp³-hybridized carbons (Fsp3) is 0.444. The zero-order valence-electron chi connectivity index (χ0n) is 20.7. The van der Waals surface area contributed by atoms with E-state index in [0.29, 0.717) is 44.5 Å². The molecule has 8 heteroatoms. The van der Waals surface area contributed by atoms with Crippen molar-refractivity contribution in [3.8, 4) is 22.9 Å². The van der Waals surface area contributed by atoms with Crippen LogP contribution in [0.1, 0.15) is 19.4 Å². The van der Waals surface area contributed by atoms with E-state index in [2.05, 4.69) is 23.6 Å². The van der Waals surface area contributed by atoms with Gasteiger partial charge in [0.1, 0.15) is 17.3 Å². The van der Waals surface area contributed by atoms with Crippen LogP contribution < -0.4 is 4.74 Å². The van der Waals surface area contributed by atoms with Crippen LogP contribution in [0.5, 0.6) is 11.6 Å². The molecule has 0 saturated carbocycles. The van der Waals surface area contributed by atoms with Gasteiger partial charge in [0.05, 0.1) is 24.9 Å². The number of aliphatic hydroxyl groups excluding tert-OH is 1. The van der Waals surface area contributed by atoms with E-state index in [1.807, 2.05) is 37.4 Å². The van der Waals surface area contributed by atoms with E-state index >= 15 is 0 Å². The van der Waals surface area contributed by atoms with Crippen molar-refractivity contribution >= 4 is 0 Å². The summed E-state index contributed by atoms with van der Waals surface area (Å²) in [6.45, 7) is 9.04. The number of hydrogen-bond acceptors (Lipinski definition) is 6. The van der Waals surface area contributed by atoms with Crippen molar-refractivity contribution in [1.29, 1.82) is 0 Å². The number of morpholine rings is 1. The summed E-state index contributed by atoms with van der Waals surface area (Å²) in [4.78, 5) is 4.49. The molecule has 1 aromatic heterocycles. The van der Waals surface area contributed by atoms with Gasteiger partial charge in [-0.2, -0.15) is 5.10 Å². The first kappa shape index (κ1) is 25.3. The normalized spacial score (nSPS) is 15.6. The maximum absolute atomic E-state index is 13.4. The molecule has 2 heterocycles. The van der Waals surface area contributed by atoms with Crippen LogP contribution in [0, 0.1) is 5.82 Å². The number of rotatable bonds is 10. The van der Waals surface area contributed by atoms with E-state index in [0.717, 1.165) is 29.9 Å². The van der Waals surface area contributed by atoms with Gasteiger partial charge in [-0.3, -0.25) is 9.80 Å². The van der Waals surface area contributed by atoms with Crippen molar-refractivity contribution in [2.45, 2.75) is 32.5 Å². The zero-order valence-corrected chi connectivity index (χ0v) is 20.7. The molecule has 2 aromatic carbocycles. The van der Waals surface area contributed by atoms with Gasteiger partial charge < -0.3 is 14.6 Å². The molecular weight excluding hydrogens is 447 g/mol. The number of hydrogen-bond donors (Lipinski definition) is 1. The molecule has 0 spiro atoms. The Hall–Kier alpha value is -2.78. The van der Waals surface area contributed by atoms with E-state index in [1.165, 1.54) is 12.1 Å². The maximum atomic E-state index is 13.4. The standard InChI is InChI=1S/C27H35FN4O3/c1-20(2)32(18-23(33)17-31-13-15-34-16-14-31)19-25-26(21-7-5-4-6-8-21)29-30(3)27(25)35-24-11-9-22(28)10-12-24/h4-12,20,23,33H,13-19H2,1-3H3. The van der Waals surface area contributed by atoms with Crippen LogP contribution in [0.3, 0.4) is 0 Å². The monoisotopic (exact) mass is 482 g/mol. The maximum Gasteiger partial charge on any atom is 0.222 e. The van der Waals surface area contributed by atoms with Gasteiger partial charge in [-0.05, 0) is 38.1 Å². The highest BCUT2D eigenvalue weighted by molar-refractivity contribution is 5.65. The minimum absolute atomic E-state index is 0.192. The number of aromatic nitrogens is 2. The third-order valence-corrected chi connectivity index (χ3v) is 6.27. The molecule has 3 aromatic rings. The van der Waals surface area contributed by atoms with Gasteiger partial charge in [0.25, 0.3) is 0 Å². The van der Waals surface area contributed by atoms with Crippen LogP contribution in [0.4, 0.5) is 4.39 Å². The second kappa shape index (κ2) is 11.8. The van der Waals surface area contributed by atoms with Crippen molar-refractivity contribution in [3.63, 3.8) is 0 Å². The Morgan fingerprint density at radius 1 is 1.09 bits per heavy atom. The number of aliphatic hydroxyl groups is 1. The summed E-state index contributed by atoms with van der Waals surface area (Å²) in [7, 11) is 1.85. The number of nitrogens with zero attached hydrogens (tertiary/aromatic N) is 4. The molecule has 1 fully saturated rings. The summed E-state index contributed by atoms with van der Waals surface area (Å²) in [5.41, 5.74) is 2.75. The molecule has 0 radical (unpaired) electrons. The fourth-order valence-electron chi connectivity index (χ4n) is 4.34. The summed E-state index contributed by atoms with van der Waals surface area (Å²) < 4.78 is 26.8. The Kier molecular flexibility index (Phi) is 8.51. The Balaban J connectivity index is 1.61. The minimum atomic E-state index is -0.492. The predicted octanol–water partition coefficient (Wildman–Crippen LogP) is 3.92. The average molecular weight is 483 g/mol. The topological polar surface area (TPSA) is 63.0 Å². The fourth-order valence-corrected chi connectivity index (χ4v) is 4.34. The Morgan fingerprint density at radius 3 is 2.43 bits per heavy atom. The molecule has 1 unspecified atom stereocenters. The van der Waals surface area contributed by atoms with Gasteiger partial charge in [-0.15, -0.1) is 0 Å². The highest BCUT2D eigenvalue weighted by atomic mass is 19.1.